The van der Waals surface area contributed by atoms with Gasteiger partial charge in [-0.05, 0) is 50.8 Å². The maximum atomic E-state index is 14.5. The molecule has 0 unspecified atom stereocenters. The van der Waals surface area contributed by atoms with E-state index >= 15 is 0 Å². The molecule has 2 aromatic rings. The van der Waals surface area contributed by atoms with Gasteiger partial charge < -0.3 is 15.2 Å². The normalized spacial score (nSPS) is 17.5. The molecular weight excluding hydrogens is 421 g/mol. The van der Waals surface area contributed by atoms with Crippen molar-refractivity contribution in [1.29, 1.82) is 0 Å². The Labute approximate surface area is 185 Å². The van der Waals surface area contributed by atoms with Crippen molar-refractivity contribution >= 4 is 35.0 Å². The molecule has 2 heterocycles. The van der Waals surface area contributed by atoms with Gasteiger partial charge in [0.25, 0.3) is 5.91 Å². The van der Waals surface area contributed by atoms with E-state index in [0.29, 0.717) is 22.4 Å². The molecule has 1 aliphatic heterocycles. The molecule has 4 rings (SSSR count). The number of anilines is 1. The van der Waals surface area contributed by atoms with Crippen molar-refractivity contribution in [2.24, 2.45) is 10.8 Å². The van der Waals surface area contributed by atoms with Crippen molar-refractivity contribution in [3.8, 4) is 0 Å². The highest BCUT2D eigenvalue weighted by Crippen LogP contribution is 2.34. The van der Waals surface area contributed by atoms with E-state index in [1.807, 2.05) is 4.90 Å². The molecule has 164 valence electrons. The molecule has 2 fully saturated rings. The van der Waals surface area contributed by atoms with E-state index in [4.69, 9.17) is 17.4 Å². The van der Waals surface area contributed by atoms with Crippen molar-refractivity contribution in [2.45, 2.75) is 44.7 Å². The molecular formula is C21H25ClFN7O. The summed E-state index contributed by atoms with van der Waals surface area (Å²) in [5.74, 6) is 5.63. The molecule has 8 nitrogen and oxygen atoms in total. The molecule has 0 bridgehead atoms. The first-order valence-electron chi connectivity index (χ1n) is 10.3. The predicted octanol–water partition coefficient (Wildman–Crippen LogP) is 3.06. The number of benzene rings is 1. The molecule has 0 atom stereocenters. The molecule has 10 heteroatoms. The minimum absolute atomic E-state index is 0.105. The number of hydrogen-bond donors (Lipinski definition) is 2. The smallest absolute Gasteiger partial charge is 0.254 e. The van der Waals surface area contributed by atoms with Crippen molar-refractivity contribution in [3.63, 3.8) is 0 Å². The van der Waals surface area contributed by atoms with Crippen molar-refractivity contribution in [2.75, 3.05) is 18.0 Å². The topological polar surface area (TPSA) is 99.7 Å². The number of rotatable bonds is 5. The maximum Gasteiger partial charge on any atom is 0.254 e. The number of amides is 1. The van der Waals surface area contributed by atoms with Gasteiger partial charge in [0.2, 0.25) is 5.95 Å². The second kappa shape index (κ2) is 9.15. The van der Waals surface area contributed by atoms with E-state index in [9.17, 15) is 9.18 Å². The Hall–Kier alpha value is -2.78. The molecule has 1 saturated heterocycles. The minimum Gasteiger partial charge on any atom is -0.341 e. The minimum atomic E-state index is -0.550. The zero-order valence-corrected chi connectivity index (χ0v) is 18.0. The summed E-state index contributed by atoms with van der Waals surface area (Å²) in [5.41, 5.74) is 2.85. The van der Waals surface area contributed by atoms with Crippen LogP contribution in [0.25, 0.3) is 0 Å². The van der Waals surface area contributed by atoms with Gasteiger partial charge >= 0.3 is 0 Å². The van der Waals surface area contributed by atoms with E-state index in [1.54, 1.807) is 25.4 Å². The Balaban J connectivity index is 1.46. The van der Waals surface area contributed by atoms with Crippen LogP contribution in [-0.4, -0.2) is 51.8 Å². The highest BCUT2D eigenvalue weighted by atomic mass is 35.5. The molecule has 3 N–H and O–H groups in total. The van der Waals surface area contributed by atoms with Gasteiger partial charge in [0.15, 0.2) is 0 Å². The lowest BCUT2D eigenvalue weighted by molar-refractivity contribution is 0.0630. The van der Waals surface area contributed by atoms with Crippen LogP contribution in [-0.2, 0) is 0 Å². The van der Waals surface area contributed by atoms with Crippen LogP contribution in [0.5, 0.6) is 0 Å². The van der Waals surface area contributed by atoms with Gasteiger partial charge in [-0.25, -0.2) is 25.2 Å². The zero-order chi connectivity index (χ0) is 22.0. The van der Waals surface area contributed by atoms with Crippen LogP contribution >= 0.6 is 11.6 Å². The highest BCUT2D eigenvalue weighted by molar-refractivity contribution is 6.30. The lowest BCUT2D eigenvalue weighted by atomic mass is 10.0. The molecule has 1 aliphatic carbocycles. The zero-order valence-electron chi connectivity index (χ0n) is 17.3. The molecule has 1 aromatic heterocycles. The predicted molar refractivity (Wildman–Crippen MR) is 118 cm³/mol. The standard InChI is InChI=1S/C21H25ClFN7O/c1-13(28-24)27-19-5-2-14(10-18(19)23)20(31)30(16-3-4-16)17-6-8-29(9-7-17)21-25-11-15(22)12-26-21/h2,5,10-12,16-17H,3-4,6-9,24H2,1H3,(H,27,28). The highest BCUT2D eigenvalue weighted by Gasteiger charge is 2.39. The number of hydrazine groups is 1. The van der Waals surface area contributed by atoms with Crippen molar-refractivity contribution in [1.82, 2.24) is 20.3 Å². The summed E-state index contributed by atoms with van der Waals surface area (Å²) in [5, 5.41) is 0.502. The van der Waals surface area contributed by atoms with Crippen LogP contribution < -0.4 is 16.2 Å². The molecule has 1 aromatic carbocycles. The van der Waals surface area contributed by atoms with Gasteiger partial charge in [-0.15, -0.1) is 0 Å². The monoisotopic (exact) mass is 445 g/mol. The van der Waals surface area contributed by atoms with Crippen molar-refractivity contribution in [3.05, 3.63) is 47.0 Å². The number of piperidine rings is 1. The van der Waals surface area contributed by atoms with Gasteiger partial charge in [-0.1, -0.05) is 11.6 Å². The third-order valence-corrected chi connectivity index (χ3v) is 5.81. The largest absolute Gasteiger partial charge is 0.341 e. The summed E-state index contributed by atoms with van der Waals surface area (Å²) in [6.07, 6.45) is 6.75. The lowest BCUT2D eigenvalue weighted by Crippen LogP contribution is -2.48. The quantitative estimate of drug-likeness (QED) is 0.317. The van der Waals surface area contributed by atoms with Crippen molar-refractivity contribution < 1.29 is 9.18 Å². The third kappa shape index (κ3) is 4.94. The van der Waals surface area contributed by atoms with E-state index in [2.05, 4.69) is 25.3 Å². The number of halogens is 2. The van der Waals surface area contributed by atoms with Gasteiger partial charge in [0, 0.05) is 30.7 Å². The van der Waals surface area contributed by atoms with Crippen LogP contribution in [0.15, 0.2) is 35.6 Å². The Morgan fingerprint density at radius 1 is 1.23 bits per heavy atom. The number of aromatic nitrogens is 2. The van der Waals surface area contributed by atoms with Gasteiger partial charge in [0.05, 0.1) is 17.4 Å². The lowest BCUT2D eigenvalue weighted by Gasteiger charge is -2.39. The number of carbonyl (C=O) groups excluding carboxylic acids is 1. The first-order chi connectivity index (χ1) is 15.0. The SMILES string of the molecule is CC(=Nc1ccc(C(=O)N(C2CC2)C2CCN(c3ncc(Cl)cn3)CC2)cc1F)NN. The third-order valence-electron chi connectivity index (χ3n) is 5.61. The Kier molecular flexibility index (Phi) is 6.33. The molecule has 1 amide bonds. The number of hydrogen-bond acceptors (Lipinski definition) is 6. The number of carbonyl (C=O) groups is 1. The first kappa shape index (κ1) is 21.5. The number of amidine groups is 1. The Morgan fingerprint density at radius 2 is 1.87 bits per heavy atom. The molecule has 1 saturated carbocycles. The number of nitrogens with zero attached hydrogens (tertiary/aromatic N) is 5. The molecule has 31 heavy (non-hydrogen) atoms. The van der Waals surface area contributed by atoms with Crippen LogP contribution in [0.1, 0.15) is 43.0 Å². The molecule has 0 spiro atoms. The van der Waals surface area contributed by atoms with E-state index < -0.39 is 5.82 Å². The fourth-order valence-electron chi connectivity index (χ4n) is 3.89. The van der Waals surface area contributed by atoms with Gasteiger partial charge in [-0.3, -0.25) is 4.79 Å². The average Bonchev–Trinajstić information content (AvgIpc) is 3.61. The first-order valence-corrected chi connectivity index (χ1v) is 10.7. The summed E-state index contributed by atoms with van der Waals surface area (Å²) in [6, 6.07) is 4.72. The maximum absolute atomic E-state index is 14.5. The average molecular weight is 446 g/mol. The van der Waals surface area contributed by atoms with Crippen LogP contribution in [0, 0.1) is 5.82 Å². The van der Waals surface area contributed by atoms with E-state index in [-0.39, 0.29) is 23.7 Å². The summed E-state index contributed by atoms with van der Waals surface area (Å²) in [6.45, 7) is 3.13. The fraction of sp³-hybridized carbons (Fsp3) is 0.429. The number of nitrogens with one attached hydrogen (secondary N) is 1. The fourth-order valence-corrected chi connectivity index (χ4v) is 3.99. The number of nitrogens with two attached hydrogens (primary N) is 1. The van der Waals surface area contributed by atoms with Crippen LogP contribution in [0.4, 0.5) is 16.0 Å². The number of aliphatic imine (C=N–C) groups is 1. The Morgan fingerprint density at radius 3 is 2.45 bits per heavy atom. The summed E-state index contributed by atoms with van der Waals surface area (Å²) in [4.78, 5) is 30.0. The van der Waals surface area contributed by atoms with E-state index in [1.165, 1.54) is 12.1 Å². The second-order valence-electron chi connectivity index (χ2n) is 7.87. The summed E-state index contributed by atoms with van der Waals surface area (Å²) in [7, 11) is 0. The summed E-state index contributed by atoms with van der Waals surface area (Å²) < 4.78 is 14.5. The van der Waals surface area contributed by atoms with Gasteiger partial charge in [-0.2, -0.15) is 0 Å². The van der Waals surface area contributed by atoms with Crippen LogP contribution in [0.3, 0.4) is 0 Å². The van der Waals surface area contributed by atoms with Crippen LogP contribution in [0.2, 0.25) is 5.02 Å². The summed E-state index contributed by atoms with van der Waals surface area (Å²) >= 11 is 5.87. The molecule has 0 radical (unpaired) electrons. The second-order valence-corrected chi connectivity index (χ2v) is 8.31. The van der Waals surface area contributed by atoms with E-state index in [0.717, 1.165) is 38.8 Å². The van der Waals surface area contributed by atoms with Gasteiger partial charge in [0.1, 0.15) is 17.3 Å². The molecule has 2 aliphatic rings. The Bertz CT molecular complexity index is 972.